The van der Waals surface area contributed by atoms with E-state index >= 15 is 0 Å². The van der Waals surface area contributed by atoms with Gasteiger partial charge in [-0.05, 0) is 23.8 Å². The molecule has 0 aliphatic carbocycles. The molecule has 2 aromatic carbocycles. The predicted octanol–water partition coefficient (Wildman–Crippen LogP) is 1.75. The minimum absolute atomic E-state index is 0.0644. The van der Waals surface area contributed by atoms with Crippen LogP contribution in [0.2, 0.25) is 0 Å². The number of likely N-dealkylation sites (N-methyl/N-ethyl adjacent to an activating group) is 1. The van der Waals surface area contributed by atoms with E-state index < -0.39 is 42.1 Å². The lowest BCUT2D eigenvalue weighted by molar-refractivity contribution is -0.137. The highest BCUT2D eigenvalue weighted by Crippen LogP contribution is 2.34. The van der Waals surface area contributed by atoms with E-state index in [4.69, 9.17) is 4.74 Å². The number of aliphatic hydroxyl groups is 2. The predicted molar refractivity (Wildman–Crippen MR) is 124 cm³/mol. The summed E-state index contributed by atoms with van der Waals surface area (Å²) < 4.78 is 34.5. The van der Waals surface area contributed by atoms with Crippen LogP contribution >= 0.6 is 0 Å². The molecule has 10 nitrogen and oxygen atoms in total. The second kappa shape index (κ2) is 9.57. The van der Waals surface area contributed by atoms with Gasteiger partial charge in [0.2, 0.25) is 0 Å². The number of fused-ring (bicyclic) bond motifs is 1. The van der Waals surface area contributed by atoms with Gasteiger partial charge in [-0.3, -0.25) is 9.36 Å². The third-order valence-electron chi connectivity index (χ3n) is 5.92. The minimum atomic E-state index is -1.49. The number of anilines is 1. The molecule has 0 spiro atoms. The molecule has 0 bridgehead atoms. The molecule has 4 aromatic rings. The van der Waals surface area contributed by atoms with Crippen LogP contribution in [-0.2, 0) is 16.1 Å². The second-order valence-electron chi connectivity index (χ2n) is 8.23. The number of nitrogens with one attached hydrogen (secondary N) is 2. The fraction of sp³-hybridized carbons (Fsp3) is 0.250. The molecule has 1 amide bonds. The number of aromatic nitrogens is 4. The Bertz CT molecular complexity index is 1420. The number of imidazole rings is 1. The van der Waals surface area contributed by atoms with Gasteiger partial charge in [-0.2, -0.15) is 0 Å². The van der Waals surface area contributed by atoms with Gasteiger partial charge in [-0.15, -0.1) is 0 Å². The number of amides is 1. The quantitative estimate of drug-likeness (QED) is 0.317. The summed E-state index contributed by atoms with van der Waals surface area (Å²) >= 11 is 0. The van der Waals surface area contributed by atoms with Crippen LogP contribution in [0.5, 0.6) is 0 Å². The molecule has 2 aromatic heterocycles. The summed E-state index contributed by atoms with van der Waals surface area (Å²) in [4.78, 5) is 25.4. The van der Waals surface area contributed by atoms with Gasteiger partial charge in [0.1, 0.15) is 12.2 Å². The molecule has 12 heteroatoms. The fourth-order valence-electron chi connectivity index (χ4n) is 4.02. The fourth-order valence-corrected chi connectivity index (χ4v) is 4.02. The third kappa shape index (κ3) is 4.26. The highest BCUT2D eigenvalue weighted by atomic mass is 19.2. The SMILES string of the molecule is CNC(=O)[C@H]1O[C@@H](n2cnc3c(NCc4ccccc4)nc(-c4ccc(F)c(F)c4)nc32)[C@H](O)[C@@H]1O. The molecule has 1 aliphatic heterocycles. The van der Waals surface area contributed by atoms with Crippen molar-refractivity contribution in [3.05, 3.63) is 72.1 Å². The Labute approximate surface area is 203 Å². The van der Waals surface area contributed by atoms with E-state index in [0.717, 1.165) is 17.7 Å². The Morgan fingerprint density at radius 3 is 2.58 bits per heavy atom. The summed E-state index contributed by atoms with van der Waals surface area (Å²) in [6.07, 6.45) is -4.12. The maximum absolute atomic E-state index is 14.0. The average molecular weight is 496 g/mol. The number of carbonyl (C=O) groups is 1. The number of hydrogen-bond acceptors (Lipinski definition) is 8. The largest absolute Gasteiger partial charge is 0.387 e. The molecule has 0 unspecified atom stereocenters. The maximum Gasteiger partial charge on any atom is 0.251 e. The minimum Gasteiger partial charge on any atom is -0.387 e. The Kier molecular flexibility index (Phi) is 6.31. The first-order valence-electron chi connectivity index (χ1n) is 11.1. The van der Waals surface area contributed by atoms with Crippen molar-refractivity contribution in [1.29, 1.82) is 0 Å². The van der Waals surface area contributed by atoms with Crippen molar-refractivity contribution < 1.29 is 28.5 Å². The summed E-state index contributed by atoms with van der Waals surface area (Å²) in [5, 5.41) is 26.6. The highest BCUT2D eigenvalue weighted by molar-refractivity contribution is 5.85. The molecule has 0 saturated carbocycles. The van der Waals surface area contributed by atoms with Crippen molar-refractivity contribution in [2.75, 3.05) is 12.4 Å². The number of ether oxygens (including phenoxy) is 1. The number of benzene rings is 2. The van der Waals surface area contributed by atoms with Crippen molar-refractivity contribution in [3.63, 3.8) is 0 Å². The smallest absolute Gasteiger partial charge is 0.251 e. The van der Waals surface area contributed by atoms with Crippen molar-refractivity contribution >= 4 is 22.9 Å². The van der Waals surface area contributed by atoms with Crippen LogP contribution in [0.1, 0.15) is 11.8 Å². The number of carbonyl (C=O) groups excluding carboxylic acids is 1. The Hall–Kier alpha value is -4.00. The van der Waals surface area contributed by atoms with Crippen molar-refractivity contribution in [2.24, 2.45) is 0 Å². The Morgan fingerprint density at radius 1 is 1.08 bits per heavy atom. The van der Waals surface area contributed by atoms with Gasteiger partial charge in [-0.1, -0.05) is 30.3 Å². The van der Waals surface area contributed by atoms with E-state index in [-0.39, 0.29) is 17.0 Å². The van der Waals surface area contributed by atoms with Crippen molar-refractivity contribution in [1.82, 2.24) is 24.8 Å². The molecule has 3 heterocycles. The van der Waals surface area contributed by atoms with Crippen molar-refractivity contribution in [2.45, 2.75) is 31.1 Å². The molecule has 4 atom stereocenters. The maximum atomic E-state index is 14.0. The second-order valence-corrected chi connectivity index (χ2v) is 8.23. The third-order valence-corrected chi connectivity index (χ3v) is 5.92. The monoisotopic (exact) mass is 496 g/mol. The summed E-state index contributed by atoms with van der Waals surface area (Å²) in [7, 11) is 1.39. The van der Waals surface area contributed by atoms with Crippen LogP contribution in [-0.4, -0.2) is 61.0 Å². The van der Waals surface area contributed by atoms with E-state index in [1.54, 1.807) is 0 Å². The number of rotatable bonds is 6. The van der Waals surface area contributed by atoms with Gasteiger partial charge < -0.3 is 25.6 Å². The van der Waals surface area contributed by atoms with Gasteiger partial charge >= 0.3 is 0 Å². The molecule has 1 aliphatic rings. The van der Waals surface area contributed by atoms with E-state index in [9.17, 15) is 23.8 Å². The van der Waals surface area contributed by atoms with E-state index in [1.807, 2.05) is 30.3 Å². The first kappa shape index (κ1) is 23.7. The molecule has 1 saturated heterocycles. The summed E-state index contributed by atoms with van der Waals surface area (Å²) in [5.74, 6) is -2.30. The van der Waals surface area contributed by atoms with Gasteiger partial charge in [-0.25, -0.2) is 23.7 Å². The average Bonchev–Trinajstić information content (AvgIpc) is 3.45. The topological polar surface area (TPSA) is 134 Å². The first-order valence-corrected chi connectivity index (χ1v) is 11.1. The van der Waals surface area contributed by atoms with Gasteiger partial charge in [0, 0.05) is 19.2 Å². The van der Waals surface area contributed by atoms with Crippen LogP contribution in [0.3, 0.4) is 0 Å². The van der Waals surface area contributed by atoms with Gasteiger partial charge in [0.05, 0.1) is 6.33 Å². The molecule has 186 valence electrons. The summed E-state index contributed by atoms with van der Waals surface area (Å²) in [5.41, 5.74) is 1.67. The van der Waals surface area contributed by atoms with Crippen LogP contribution in [0.25, 0.3) is 22.6 Å². The standard InChI is InChI=1S/C24H22F2N6O4/c1-27-23(35)19-17(33)18(34)24(36-19)32-11-29-16-21(28-10-12-5-3-2-4-6-12)30-20(31-22(16)32)13-7-8-14(25)15(26)9-13/h2-9,11,17-19,24,33-34H,10H2,1H3,(H,27,35)(H,28,30,31)/t17-,18+,19-,24+/m0/s1. The zero-order valence-electron chi connectivity index (χ0n) is 19.0. The molecular weight excluding hydrogens is 474 g/mol. The Morgan fingerprint density at radius 2 is 1.86 bits per heavy atom. The van der Waals surface area contributed by atoms with Crippen LogP contribution < -0.4 is 10.6 Å². The molecule has 1 fully saturated rings. The lowest BCUT2D eigenvalue weighted by Crippen LogP contribution is -2.41. The highest BCUT2D eigenvalue weighted by Gasteiger charge is 2.47. The molecule has 36 heavy (non-hydrogen) atoms. The summed E-state index contributed by atoms with van der Waals surface area (Å²) in [6.45, 7) is 0.386. The number of halogens is 2. The molecule has 4 N–H and O–H groups in total. The zero-order valence-corrected chi connectivity index (χ0v) is 19.0. The van der Waals surface area contributed by atoms with Crippen LogP contribution in [0.15, 0.2) is 54.9 Å². The van der Waals surface area contributed by atoms with E-state index in [2.05, 4.69) is 25.6 Å². The van der Waals surface area contributed by atoms with E-state index in [0.29, 0.717) is 17.9 Å². The number of aliphatic hydroxyl groups excluding tert-OH is 2. The Balaban J connectivity index is 1.59. The van der Waals surface area contributed by atoms with Crippen LogP contribution in [0, 0.1) is 11.6 Å². The lowest BCUT2D eigenvalue weighted by atomic mass is 10.1. The normalized spacial score (nSPS) is 21.6. The lowest BCUT2D eigenvalue weighted by Gasteiger charge is -2.17. The van der Waals surface area contributed by atoms with Gasteiger partial charge in [0.15, 0.2) is 46.8 Å². The van der Waals surface area contributed by atoms with E-state index in [1.165, 1.54) is 24.0 Å². The summed E-state index contributed by atoms with van der Waals surface area (Å²) in [6, 6.07) is 12.8. The number of hydrogen-bond donors (Lipinski definition) is 4. The van der Waals surface area contributed by atoms with Gasteiger partial charge in [0.25, 0.3) is 5.91 Å². The first-order chi connectivity index (χ1) is 17.4. The molecular formula is C24H22F2N6O4. The zero-order chi connectivity index (χ0) is 25.4. The van der Waals surface area contributed by atoms with Crippen LogP contribution in [0.4, 0.5) is 14.6 Å². The molecule has 5 rings (SSSR count). The van der Waals surface area contributed by atoms with Crippen molar-refractivity contribution in [3.8, 4) is 11.4 Å². The molecule has 0 radical (unpaired) electrons. The number of nitrogens with zero attached hydrogens (tertiary/aromatic N) is 4.